The Bertz CT molecular complexity index is 1240. The molecule has 0 radical (unpaired) electrons. The molecular weight excluding hydrogens is 416 g/mol. The summed E-state index contributed by atoms with van der Waals surface area (Å²) >= 11 is 1.47. The van der Waals surface area contributed by atoms with Crippen LogP contribution in [0.1, 0.15) is 19.0 Å². The second-order valence-corrected chi connectivity index (χ2v) is 7.67. The van der Waals surface area contributed by atoms with Crippen molar-refractivity contribution in [3.8, 4) is 16.3 Å². The maximum atomic E-state index is 12.2. The molecule has 0 aliphatic rings. The van der Waals surface area contributed by atoms with Gasteiger partial charge in [0.15, 0.2) is 5.58 Å². The van der Waals surface area contributed by atoms with Gasteiger partial charge in [0.1, 0.15) is 10.8 Å². The van der Waals surface area contributed by atoms with Gasteiger partial charge in [0.2, 0.25) is 0 Å². The zero-order chi connectivity index (χ0) is 21.6. The molecule has 2 aromatic heterocycles. The average Bonchev–Trinajstić information content (AvgIpc) is 3.35. The predicted molar refractivity (Wildman–Crippen MR) is 118 cm³/mol. The van der Waals surface area contributed by atoms with E-state index >= 15 is 0 Å². The summed E-state index contributed by atoms with van der Waals surface area (Å²) in [5.74, 6) is 0.0182. The van der Waals surface area contributed by atoms with E-state index in [1.165, 1.54) is 11.3 Å². The third kappa shape index (κ3) is 4.86. The lowest BCUT2D eigenvalue weighted by molar-refractivity contribution is -0.143. The molecule has 2 heterocycles. The first-order valence-corrected chi connectivity index (χ1v) is 10.9. The molecule has 0 saturated carbocycles. The van der Waals surface area contributed by atoms with Crippen LogP contribution in [0.2, 0.25) is 0 Å². The lowest BCUT2D eigenvalue weighted by Gasteiger charge is -2.07. The number of carbonyl (C=O) groups is 1. The van der Waals surface area contributed by atoms with Crippen LogP contribution < -0.4 is 10.5 Å². The van der Waals surface area contributed by atoms with Crippen molar-refractivity contribution in [2.75, 3.05) is 13.2 Å². The van der Waals surface area contributed by atoms with Crippen molar-refractivity contribution in [2.24, 2.45) is 0 Å². The summed E-state index contributed by atoms with van der Waals surface area (Å²) in [5, 5.41) is 2.66. The quantitative estimate of drug-likeness (QED) is 0.286. The second-order valence-electron chi connectivity index (χ2n) is 6.81. The zero-order valence-corrected chi connectivity index (χ0v) is 17.9. The number of para-hydroxylation sites is 3. The van der Waals surface area contributed by atoms with Gasteiger partial charge in [0.05, 0.1) is 36.4 Å². The number of thiazole rings is 1. The number of hydrogen-bond acceptors (Lipinski definition) is 7. The summed E-state index contributed by atoms with van der Waals surface area (Å²) in [4.78, 5) is 28.7. The number of nitrogens with zero attached hydrogens (tertiary/aromatic N) is 2. The number of carbonyl (C=O) groups excluding carboxylic acids is 1. The number of oxazole rings is 1. The highest BCUT2D eigenvalue weighted by Gasteiger charge is 2.13. The first-order chi connectivity index (χ1) is 15.2. The van der Waals surface area contributed by atoms with E-state index in [-0.39, 0.29) is 19.0 Å². The van der Waals surface area contributed by atoms with Gasteiger partial charge >= 0.3 is 11.7 Å². The van der Waals surface area contributed by atoms with E-state index in [2.05, 4.69) is 4.98 Å². The molecule has 0 unspecified atom stereocenters. The fraction of sp³-hybridized carbons (Fsp3) is 0.261. The van der Waals surface area contributed by atoms with Crippen LogP contribution >= 0.6 is 11.3 Å². The van der Waals surface area contributed by atoms with Crippen molar-refractivity contribution in [2.45, 2.75) is 26.3 Å². The fourth-order valence-corrected chi connectivity index (χ4v) is 4.12. The molecule has 8 heteroatoms. The standard InChI is InChI=1S/C23H22N2O5S/c1-2-28-19-10-5-3-8-17(19)22-24-16(15-31-22)14-21(26)29-13-7-12-25-18-9-4-6-11-20(18)30-23(25)27/h3-6,8-11,15H,2,7,12-14H2,1H3. The highest BCUT2D eigenvalue weighted by Crippen LogP contribution is 2.32. The van der Waals surface area contributed by atoms with Crippen molar-refractivity contribution in [3.05, 3.63) is 70.2 Å². The molecule has 31 heavy (non-hydrogen) atoms. The molecule has 0 saturated heterocycles. The van der Waals surface area contributed by atoms with E-state index in [1.807, 2.05) is 54.8 Å². The fourth-order valence-electron chi connectivity index (χ4n) is 3.27. The van der Waals surface area contributed by atoms with Gasteiger partial charge in [0.25, 0.3) is 0 Å². The Labute approximate surface area is 182 Å². The normalized spacial score (nSPS) is 11.0. The average molecular weight is 439 g/mol. The van der Waals surface area contributed by atoms with Gasteiger partial charge in [-0.15, -0.1) is 11.3 Å². The Hall–Kier alpha value is -3.39. The Morgan fingerprint density at radius 1 is 1.16 bits per heavy atom. The SMILES string of the molecule is CCOc1ccccc1-c1nc(CC(=O)OCCCn2c(=O)oc3ccccc32)cs1. The Morgan fingerprint density at radius 2 is 1.97 bits per heavy atom. The van der Waals surface area contributed by atoms with Crippen LogP contribution in [-0.2, 0) is 22.5 Å². The van der Waals surface area contributed by atoms with Crippen LogP contribution in [0.5, 0.6) is 5.75 Å². The van der Waals surface area contributed by atoms with E-state index in [1.54, 1.807) is 10.6 Å². The number of aromatic nitrogens is 2. The zero-order valence-electron chi connectivity index (χ0n) is 17.1. The second kappa shape index (κ2) is 9.61. The first kappa shape index (κ1) is 20.9. The molecule has 0 bridgehead atoms. The van der Waals surface area contributed by atoms with Crippen LogP contribution in [0.3, 0.4) is 0 Å². The van der Waals surface area contributed by atoms with Gasteiger partial charge < -0.3 is 13.9 Å². The summed E-state index contributed by atoms with van der Waals surface area (Å²) < 4.78 is 17.7. The van der Waals surface area contributed by atoms with Gasteiger partial charge in [-0.1, -0.05) is 24.3 Å². The van der Waals surface area contributed by atoms with Gasteiger partial charge in [-0.05, 0) is 37.6 Å². The summed E-state index contributed by atoms with van der Waals surface area (Å²) in [5.41, 5.74) is 2.86. The largest absolute Gasteiger partial charge is 0.493 e. The van der Waals surface area contributed by atoms with Crippen LogP contribution in [-0.4, -0.2) is 28.7 Å². The van der Waals surface area contributed by atoms with Crippen LogP contribution in [0.25, 0.3) is 21.7 Å². The first-order valence-electron chi connectivity index (χ1n) is 10.1. The van der Waals surface area contributed by atoms with Crippen molar-refractivity contribution >= 4 is 28.4 Å². The highest BCUT2D eigenvalue weighted by molar-refractivity contribution is 7.13. The van der Waals surface area contributed by atoms with Crippen LogP contribution in [0.4, 0.5) is 0 Å². The third-order valence-corrected chi connectivity index (χ3v) is 5.58. The maximum absolute atomic E-state index is 12.2. The number of esters is 1. The maximum Gasteiger partial charge on any atom is 0.419 e. The summed E-state index contributed by atoms with van der Waals surface area (Å²) in [7, 11) is 0. The molecule has 2 aromatic carbocycles. The van der Waals surface area contributed by atoms with E-state index in [9.17, 15) is 9.59 Å². The highest BCUT2D eigenvalue weighted by atomic mass is 32.1. The molecule has 0 fully saturated rings. The van der Waals surface area contributed by atoms with Crippen molar-refractivity contribution < 1.29 is 18.7 Å². The van der Waals surface area contributed by atoms with Gasteiger partial charge in [-0.2, -0.15) is 0 Å². The third-order valence-electron chi connectivity index (χ3n) is 4.66. The number of fused-ring (bicyclic) bond motifs is 1. The van der Waals surface area contributed by atoms with E-state index < -0.39 is 5.76 Å². The molecule has 0 aliphatic heterocycles. The Kier molecular flexibility index (Phi) is 6.47. The summed E-state index contributed by atoms with van der Waals surface area (Å²) in [6, 6.07) is 15.0. The van der Waals surface area contributed by atoms with E-state index in [0.29, 0.717) is 30.8 Å². The molecule has 4 aromatic rings. The minimum Gasteiger partial charge on any atom is -0.493 e. The minimum atomic E-state index is -0.408. The summed E-state index contributed by atoms with van der Waals surface area (Å²) in [6.07, 6.45) is 0.612. The molecule has 160 valence electrons. The molecule has 0 amide bonds. The molecule has 4 rings (SSSR count). The van der Waals surface area contributed by atoms with Crippen LogP contribution in [0, 0.1) is 0 Å². The molecule has 0 spiro atoms. The lowest BCUT2D eigenvalue weighted by atomic mass is 10.2. The molecule has 0 N–H and O–H groups in total. The van der Waals surface area contributed by atoms with Crippen LogP contribution in [0.15, 0.2) is 63.1 Å². The number of hydrogen-bond donors (Lipinski definition) is 0. The number of rotatable bonds is 9. The van der Waals surface area contributed by atoms with E-state index in [0.717, 1.165) is 21.8 Å². The predicted octanol–water partition coefficient (Wildman–Crippen LogP) is 4.29. The van der Waals surface area contributed by atoms with Crippen molar-refractivity contribution in [3.63, 3.8) is 0 Å². The number of benzene rings is 2. The summed E-state index contributed by atoms with van der Waals surface area (Å²) in [6.45, 7) is 3.14. The number of aryl methyl sites for hydroxylation is 1. The molecule has 0 atom stereocenters. The number of ether oxygens (including phenoxy) is 2. The topological polar surface area (TPSA) is 83.6 Å². The van der Waals surface area contributed by atoms with Gasteiger partial charge in [0, 0.05) is 11.9 Å². The molecule has 0 aliphatic carbocycles. The van der Waals surface area contributed by atoms with Gasteiger partial charge in [-0.3, -0.25) is 9.36 Å². The van der Waals surface area contributed by atoms with Gasteiger partial charge in [-0.25, -0.2) is 9.78 Å². The monoisotopic (exact) mass is 438 g/mol. The molecular formula is C23H22N2O5S. The smallest absolute Gasteiger partial charge is 0.419 e. The Balaban J connectivity index is 1.30. The van der Waals surface area contributed by atoms with Crippen molar-refractivity contribution in [1.29, 1.82) is 0 Å². The van der Waals surface area contributed by atoms with Crippen molar-refractivity contribution in [1.82, 2.24) is 9.55 Å². The molecule has 7 nitrogen and oxygen atoms in total. The minimum absolute atomic E-state index is 0.0991. The van der Waals surface area contributed by atoms with E-state index in [4.69, 9.17) is 13.9 Å². The Morgan fingerprint density at radius 3 is 2.84 bits per heavy atom. The lowest BCUT2D eigenvalue weighted by Crippen LogP contribution is -2.16.